The van der Waals surface area contributed by atoms with Crippen LogP contribution in [0, 0.1) is 0 Å². The van der Waals surface area contributed by atoms with Crippen LogP contribution in [0.1, 0.15) is 18.9 Å². The van der Waals surface area contributed by atoms with E-state index in [4.69, 9.17) is 26.8 Å². The maximum atomic E-state index is 12.6. The van der Waals surface area contributed by atoms with E-state index in [-0.39, 0.29) is 18.9 Å². The highest BCUT2D eigenvalue weighted by Gasteiger charge is 2.32. The second-order valence-corrected chi connectivity index (χ2v) is 7.50. The Morgan fingerprint density at radius 2 is 2.00 bits per heavy atom. The Morgan fingerprint density at radius 1 is 1.32 bits per heavy atom. The zero-order valence-electron chi connectivity index (χ0n) is 15.6. The first-order chi connectivity index (χ1) is 13.3. The molecule has 8 nitrogen and oxygen atoms in total. The average Bonchev–Trinajstić information content (AvgIpc) is 2.92. The number of nitrogens with zero attached hydrogens (tertiary/aromatic N) is 1. The van der Waals surface area contributed by atoms with Gasteiger partial charge in [-0.05, 0) is 30.7 Å². The highest BCUT2D eigenvalue weighted by atomic mass is 32.2. The number of thioether (sulfide) groups is 1. The number of hydrogen-bond donors (Lipinski definition) is 2. The van der Waals surface area contributed by atoms with Crippen molar-refractivity contribution in [3.63, 3.8) is 0 Å². The number of carboxylic acid groups (broad SMARTS) is 1. The minimum absolute atomic E-state index is 0.0479. The fourth-order valence-corrected chi connectivity index (χ4v) is 3.68. The number of ether oxygens (including phenoxy) is 2. The van der Waals surface area contributed by atoms with Gasteiger partial charge in [-0.1, -0.05) is 30.0 Å². The smallest absolute Gasteiger partial charge is 0.325 e. The molecule has 28 heavy (non-hydrogen) atoms. The molecule has 150 valence electrons. The van der Waals surface area contributed by atoms with Crippen LogP contribution in [0.2, 0.25) is 0 Å². The van der Waals surface area contributed by atoms with Crippen molar-refractivity contribution in [1.82, 2.24) is 10.2 Å². The van der Waals surface area contributed by atoms with Gasteiger partial charge in [-0.25, -0.2) is 0 Å². The molecule has 0 spiro atoms. The van der Waals surface area contributed by atoms with E-state index in [1.807, 2.05) is 0 Å². The molecule has 1 aromatic carbocycles. The molecule has 1 aliphatic rings. The largest absolute Gasteiger partial charge is 0.493 e. The summed E-state index contributed by atoms with van der Waals surface area (Å²) in [5.74, 6) is -0.779. The molecule has 2 amide bonds. The van der Waals surface area contributed by atoms with Gasteiger partial charge in [-0.2, -0.15) is 0 Å². The van der Waals surface area contributed by atoms with Crippen molar-refractivity contribution >= 4 is 52.2 Å². The molecule has 1 aliphatic heterocycles. The van der Waals surface area contributed by atoms with Crippen LogP contribution in [-0.4, -0.2) is 58.9 Å². The van der Waals surface area contributed by atoms with Crippen molar-refractivity contribution in [3.8, 4) is 11.5 Å². The molecule has 10 heteroatoms. The molecule has 2 N–H and O–H groups in total. The Balaban J connectivity index is 2.06. The molecule has 1 saturated heterocycles. The van der Waals surface area contributed by atoms with Crippen LogP contribution in [0.4, 0.5) is 0 Å². The average molecular weight is 425 g/mol. The number of amides is 2. The normalized spacial score (nSPS) is 16.2. The van der Waals surface area contributed by atoms with Crippen LogP contribution in [0.3, 0.4) is 0 Å². The summed E-state index contributed by atoms with van der Waals surface area (Å²) in [6.07, 6.45) is 1.64. The summed E-state index contributed by atoms with van der Waals surface area (Å²) >= 11 is 6.38. The predicted molar refractivity (Wildman–Crippen MR) is 109 cm³/mol. The van der Waals surface area contributed by atoms with Gasteiger partial charge in [0.15, 0.2) is 11.5 Å². The summed E-state index contributed by atoms with van der Waals surface area (Å²) in [7, 11) is 3.06. The van der Waals surface area contributed by atoms with Crippen molar-refractivity contribution < 1.29 is 29.0 Å². The van der Waals surface area contributed by atoms with E-state index >= 15 is 0 Å². The van der Waals surface area contributed by atoms with Crippen molar-refractivity contribution in [2.45, 2.75) is 19.4 Å². The van der Waals surface area contributed by atoms with Gasteiger partial charge in [0.1, 0.15) is 10.4 Å². The van der Waals surface area contributed by atoms with Crippen molar-refractivity contribution in [2.24, 2.45) is 0 Å². The first-order valence-electron chi connectivity index (χ1n) is 8.26. The molecule has 0 unspecified atom stereocenters. The van der Waals surface area contributed by atoms with E-state index in [1.54, 1.807) is 24.3 Å². The van der Waals surface area contributed by atoms with Gasteiger partial charge >= 0.3 is 5.97 Å². The summed E-state index contributed by atoms with van der Waals surface area (Å²) in [6.45, 7) is 1.44. The van der Waals surface area contributed by atoms with E-state index in [1.165, 1.54) is 26.0 Å². The summed E-state index contributed by atoms with van der Waals surface area (Å²) in [5, 5.41) is 11.2. The molecule has 2 rings (SSSR count). The monoisotopic (exact) mass is 424 g/mol. The van der Waals surface area contributed by atoms with Crippen LogP contribution in [0.25, 0.3) is 6.08 Å². The fraction of sp³-hybridized carbons (Fsp3) is 0.333. The maximum absolute atomic E-state index is 12.6. The Morgan fingerprint density at radius 3 is 2.61 bits per heavy atom. The number of carbonyl (C=O) groups is 3. The van der Waals surface area contributed by atoms with Gasteiger partial charge < -0.3 is 19.9 Å². The molecule has 1 atom stereocenters. The Hall–Kier alpha value is -2.59. The number of thiocarbonyl (C=S) groups is 1. The maximum Gasteiger partial charge on any atom is 0.325 e. The molecular weight excluding hydrogens is 404 g/mol. The van der Waals surface area contributed by atoms with Gasteiger partial charge in [0.2, 0.25) is 5.91 Å². The third-order valence-electron chi connectivity index (χ3n) is 3.89. The zero-order valence-corrected chi connectivity index (χ0v) is 17.2. The van der Waals surface area contributed by atoms with Crippen LogP contribution in [0.5, 0.6) is 11.5 Å². The Kier molecular flexibility index (Phi) is 7.41. The van der Waals surface area contributed by atoms with Gasteiger partial charge in [0.25, 0.3) is 5.91 Å². The zero-order chi connectivity index (χ0) is 20.8. The number of benzene rings is 1. The van der Waals surface area contributed by atoms with E-state index in [0.717, 1.165) is 17.3 Å². The summed E-state index contributed by atoms with van der Waals surface area (Å²) in [6, 6.07) is 4.27. The molecule has 0 aromatic heterocycles. The molecule has 1 fully saturated rings. The summed E-state index contributed by atoms with van der Waals surface area (Å²) in [4.78, 5) is 37.0. The second-order valence-electron chi connectivity index (χ2n) is 5.83. The number of carbonyl (C=O) groups excluding carboxylic acids is 2. The standard InChI is InChI=1S/C18H20N2O6S2/c1-10(17(23)24)19-15(21)6-7-20-16(22)14(28-18(20)27)9-11-4-5-12(25-2)13(8-11)26-3/h4-5,8-10H,6-7H2,1-3H3,(H,19,21)(H,23,24)/b14-9+/t10-/m1/s1. The first-order valence-corrected chi connectivity index (χ1v) is 9.48. The number of rotatable bonds is 8. The highest BCUT2D eigenvalue weighted by Crippen LogP contribution is 2.34. The van der Waals surface area contributed by atoms with Crippen molar-refractivity contribution in [2.75, 3.05) is 20.8 Å². The molecule has 0 bridgehead atoms. The molecule has 1 aromatic rings. The van der Waals surface area contributed by atoms with Gasteiger partial charge in [0.05, 0.1) is 19.1 Å². The molecule has 0 radical (unpaired) electrons. The lowest BCUT2D eigenvalue weighted by Gasteiger charge is -2.15. The van der Waals surface area contributed by atoms with E-state index in [9.17, 15) is 14.4 Å². The third kappa shape index (κ3) is 5.23. The number of aliphatic carboxylic acids is 1. The summed E-state index contributed by atoms with van der Waals surface area (Å²) in [5.41, 5.74) is 0.742. The topological polar surface area (TPSA) is 105 Å². The van der Waals surface area contributed by atoms with E-state index in [2.05, 4.69) is 5.32 Å². The highest BCUT2D eigenvalue weighted by molar-refractivity contribution is 8.26. The van der Waals surface area contributed by atoms with Crippen LogP contribution >= 0.6 is 24.0 Å². The van der Waals surface area contributed by atoms with Gasteiger partial charge in [0, 0.05) is 13.0 Å². The molecule has 1 heterocycles. The number of carboxylic acids is 1. The van der Waals surface area contributed by atoms with E-state index < -0.39 is 17.9 Å². The molecular formula is C18H20N2O6S2. The lowest BCUT2D eigenvalue weighted by Crippen LogP contribution is -2.40. The molecule has 0 saturated carbocycles. The van der Waals surface area contributed by atoms with Crippen molar-refractivity contribution in [1.29, 1.82) is 0 Å². The van der Waals surface area contributed by atoms with Crippen molar-refractivity contribution in [3.05, 3.63) is 28.7 Å². The van der Waals surface area contributed by atoms with Crippen LogP contribution in [-0.2, 0) is 14.4 Å². The Labute approximate surface area is 171 Å². The predicted octanol–water partition coefficient (Wildman–Crippen LogP) is 1.88. The lowest BCUT2D eigenvalue weighted by molar-refractivity contribution is -0.141. The fourth-order valence-electron chi connectivity index (χ4n) is 2.38. The SMILES string of the molecule is COc1ccc(/C=C2/SC(=S)N(CCC(=O)N[C@H](C)C(=O)O)C2=O)cc1OC. The summed E-state index contributed by atoms with van der Waals surface area (Å²) < 4.78 is 10.8. The first kappa shape index (κ1) is 21.7. The van der Waals surface area contributed by atoms with E-state index in [0.29, 0.717) is 20.7 Å². The number of hydrogen-bond acceptors (Lipinski definition) is 7. The van der Waals surface area contributed by atoms with Gasteiger partial charge in [-0.15, -0.1) is 0 Å². The van der Waals surface area contributed by atoms with Gasteiger partial charge in [-0.3, -0.25) is 19.3 Å². The quantitative estimate of drug-likeness (QED) is 0.481. The number of methoxy groups -OCH3 is 2. The number of nitrogens with one attached hydrogen (secondary N) is 1. The second kappa shape index (κ2) is 9.56. The Bertz CT molecular complexity index is 839. The minimum atomic E-state index is -1.13. The third-order valence-corrected chi connectivity index (χ3v) is 5.27. The molecule has 0 aliphatic carbocycles. The van der Waals surface area contributed by atoms with Crippen LogP contribution in [0.15, 0.2) is 23.1 Å². The lowest BCUT2D eigenvalue weighted by atomic mass is 10.2. The minimum Gasteiger partial charge on any atom is -0.493 e. The van der Waals surface area contributed by atoms with Crippen LogP contribution < -0.4 is 14.8 Å².